The number of carbonyl (C=O) groups is 2. The Morgan fingerprint density at radius 3 is 2.45 bits per heavy atom. The first-order valence-electron chi connectivity index (χ1n) is 9.41. The van der Waals surface area contributed by atoms with E-state index in [1.54, 1.807) is 25.2 Å². The van der Waals surface area contributed by atoms with Gasteiger partial charge in [0.05, 0.1) is 10.0 Å². The van der Waals surface area contributed by atoms with Crippen LogP contribution in [0.5, 0.6) is 5.75 Å². The van der Waals surface area contributed by atoms with E-state index in [4.69, 9.17) is 27.9 Å². The van der Waals surface area contributed by atoms with Crippen molar-refractivity contribution in [1.29, 1.82) is 0 Å². The first-order chi connectivity index (χ1) is 13.8. The number of carbonyl (C=O) groups excluding carboxylic acids is 2. The van der Waals surface area contributed by atoms with E-state index in [1.165, 1.54) is 4.90 Å². The number of halogens is 2. The molecule has 156 valence electrons. The van der Waals surface area contributed by atoms with Crippen molar-refractivity contribution in [3.63, 3.8) is 0 Å². The number of hydrogen-bond donors (Lipinski definition) is 1. The Kier molecular flexibility index (Phi) is 8.35. The molecule has 0 radical (unpaired) electrons. The molecular formula is C22H26Cl2N2O3. The third-order valence-electron chi connectivity index (χ3n) is 4.66. The lowest BCUT2D eigenvalue weighted by molar-refractivity contribution is -0.142. The Bertz CT molecular complexity index is 886. The van der Waals surface area contributed by atoms with Gasteiger partial charge in [-0.2, -0.15) is 0 Å². The molecule has 0 unspecified atom stereocenters. The maximum atomic E-state index is 13.1. The van der Waals surface area contributed by atoms with Crippen molar-refractivity contribution in [1.82, 2.24) is 10.2 Å². The van der Waals surface area contributed by atoms with Gasteiger partial charge in [-0.1, -0.05) is 48.3 Å². The second kappa shape index (κ2) is 10.5. The van der Waals surface area contributed by atoms with Crippen LogP contribution in [0.3, 0.4) is 0 Å². The van der Waals surface area contributed by atoms with Crippen LogP contribution in [0.25, 0.3) is 0 Å². The number of nitrogens with zero attached hydrogens (tertiary/aromatic N) is 1. The number of nitrogens with one attached hydrogen (secondary N) is 1. The molecule has 0 aliphatic rings. The van der Waals surface area contributed by atoms with Crippen LogP contribution in [-0.2, 0) is 16.1 Å². The number of hydrogen-bond acceptors (Lipinski definition) is 3. The zero-order chi connectivity index (χ0) is 21.6. The standard InChI is InChI=1S/C22H26Cl2N2O3/c1-5-19(22(28)25-4)26(12-16-8-9-17(23)18(24)11-16)21(27)13-29-20-10-14(2)6-7-15(20)3/h6-11,19H,5,12-13H2,1-4H3,(H,25,28)/t19-/m1/s1. The Labute approximate surface area is 181 Å². The van der Waals surface area contributed by atoms with E-state index < -0.39 is 6.04 Å². The summed E-state index contributed by atoms with van der Waals surface area (Å²) in [4.78, 5) is 26.9. The van der Waals surface area contributed by atoms with Gasteiger partial charge in [0, 0.05) is 13.6 Å². The summed E-state index contributed by atoms with van der Waals surface area (Å²) in [7, 11) is 1.55. The first-order valence-corrected chi connectivity index (χ1v) is 10.2. The maximum Gasteiger partial charge on any atom is 0.261 e. The van der Waals surface area contributed by atoms with Gasteiger partial charge >= 0.3 is 0 Å². The molecular weight excluding hydrogens is 411 g/mol. The lowest BCUT2D eigenvalue weighted by Crippen LogP contribution is -2.49. The molecule has 5 nitrogen and oxygen atoms in total. The summed E-state index contributed by atoms with van der Waals surface area (Å²) in [6.07, 6.45) is 0.468. The molecule has 0 heterocycles. The van der Waals surface area contributed by atoms with Crippen LogP contribution in [-0.4, -0.2) is 36.4 Å². The van der Waals surface area contributed by atoms with E-state index in [0.29, 0.717) is 22.2 Å². The molecule has 2 aromatic carbocycles. The minimum Gasteiger partial charge on any atom is -0.483 e. The number of amides is 2. The highest BCUT2D eigenvalue weighted by Gasteiger charge is 2.28. The molecule has 29 heavy (non-hydrogen) atoms. The molecule has 0 aliphatic carbocycles. The SMILES string of the molecule is CC[C@H](C(=O)NC)N(Cc1ccc(Cl)c(Cl)c1)C(=O)COc1cc(C)ccc1C. The second-order valence-electron chi connectivity index (χ2n) is 6.87. The van der Waals surface area contributed by atoms with Gasteiger partial charge in [-0.15, -0.1) is 0 Å². The van der Waals surface area contributed by atoms with Crippen LogP contribution in [0.4, 0.5) is 0 Å². The monoisotopic (exact) mass is 436 g/mol. The largest absolute Gasteiger partial charge is 0.483 e. The third kappa shape index (κ3) is 6.12. The third-order valence-corrected chi connectivity index (χ3v) is 5.40. The first kappa shape index (κ1) is 23.0. The molecule has 7 heteroatoms. The van der Waals surface area contributed by atoms with Crippen molar-refractivity contribution >= 4 is 35.0 Å². The fourth-order valence-corrected chi connectivity index (χ4v) is 3.33. The predicted octanol–water partition coefficient (Wildman–Crippen LogP) is 4.54. The van der Waals surface area contributed by atoms with Crippen LogP contribution in [0.15, 0.2) is 36.4 Å². The van der Waals surface area contributed by atoms with Crippen molar-refractivity contribution in [2.45, 2.75) is 39.8 Å². The molecule has 0 spiro atoms. The second-order valence-corrected chi connectivity index (χ2v) is 7.68. The molecule has 0 fully saturated rings. The van der Waals surface area contributed by atoms with Gasteiger partial charge in [-0.05, 0) is 55.2 Å². The fraction of sp³-hybridized carbons (Fsp3) is 0.364. The smallest absolute Gasteiger partial charge is 0.261 e. The molecule has 1 atom stereocenters. The van der Waals surface area contributed by atoms with Crippen LogP contribution >= 0.6 is 23.2 Å². The molecule has 1 N–H and O–H groups in total. The summed E-state index contributed by atoms with van der Waals surface area (Å²) in [5.74, 6) is 0.140. The highest BCUT2D eigenvalue weighted by atomic mass is 35.5. The fourth-order valence-electron chi connectivity index (χ4n) is 3.01. The topological polar surface area (TPSA) is 58.6 Å². The van der Waals surface area contributed by atoms with Gasteiger partial charge in [0.25, 0.3) is 5.91 Å². The Morgan fingerprint density at radius 2 is 1.83 bits per heavy atom. The normalized spacial score (nSPS) is 11.7. The van der Waals surface area contributed by atoms with Gasteiger partial charge in [0.15, 0.2) is 6.61 Å². The van der Waals surface area contributed by atoms with Crippen molar-refractivity contribution in [2.24, 2.45) is 0 Å². The van der Waals surface area contributed by atoms with Gasteiger partial charge in [-0.3, -0.25) is 9.59 Å². The van der Waals surface area contributed by atoms with Crippen molar-refractivity contribution in [3.8, 4) is 5.75 Å². The molecule has 0 aromatic heterocycles. The predicted molar refractivity (Wildman–Crippen MR) is 117 cm³/mol. The van der Waals surface area contributed by atoms with E-state index >= 15 is 0 Å². The zero-order valence-electron chi connectivity index (χ0n) is 17.1. The maximum absolute atomic E-state index is 13.1. The number of aryl methyl sites for hydroxylation is 2. The van der Waals surface area contributed by atoms with Crippen molar-refractivity contribution in [2.75, 3.05) is 13.7 Å². The van der Waals surface area contributed by atoms with Crippen molar-refractivity contribution < 1.29 is 14.3 Å². The summed E-state index contributed by atoms with van der Waals surface area (Å²) in [5, 5.41) is 3.46. The number of ether oxygens (including phenoxy) is 1. The molecule has 2 aromatic rings. The average molecular weight is 437 g/mol. The summed E-state index contributed by atoms with van der Waals surface area (Å²) in [5.41, 5.74) is 2.77. The van der Waals surface area contributed by atoms with Gasteiger partial charge in [0.2, 0.25) is 5.91 Å². The number of likely N-dealkylation sites (N-methyl/N-ethyl adjacent to an activating group) is 1. The molecule has 2 rings (SSSR count). The lowest BCUT2D eigenvalue weighted by atomic mass is 10.1. The quantitative estimate of drug-likeness (QED) is 0.660. The molecule has 0 aliphatic heterocycles. The van der Waals surface area contributed by atoms with Crippen LogP contribution in [0, 0.1) is 13.8 Å². The van der Waals surface area contributed by atoms with Gasteiger partial charge in [0.1, 0.15) is 11.8 Å². The van der Waals surface area contributed by atoms with E-state index in [9.17, 15) is 9.59 Å². The molecule has 0 bridgehead atoms. The summed E-state index contributed by atoms with van der Waals surface area (Å²) in [6.45, 7) is 5.80. The van der Waals surface area contributed by atoms with Crippen molar-refractivity contribution in [3.05, 3.63) is 63.1 Å². The van der Waals surface area contributed by atoms with Crippen LogP contribution < -0.4 is 10.1 Å². The van der Waals surface area contributed by atoms with E-state index in [1.807, 2.05) is 39.0 Å². The molecule has 0 saturated carbocycles. The van der Waals surface area contributed by atoms with E-state index in [0.717, 1.165) is 16.7 Å². The van der Waals surface area contributed by atoms with E-state index in [2.05, 4.69) is 5.32 Å². The number of rotatable bonds is 8. The zero-order valence-corrected chi connectivity index (χ0v) is 18.6. The Balaban J connectivity index is 2.24. The minimum atomic E-state index is -0.621. The van der Waals surface area contributed by atoms with Crippen LogP contribution in [0.1, 0.15) is 30.0 Å². The van der Waals surface area contributed by atoms with Crippen LogP contribution in [0.2, 0.25) is 10.0 Å². The highest BCUT2D eigenvalue weighted by molar-refractivity contribution is 6.42. The average Bonchev–Trinajstić information content (AvgIpc) is 2.70. The van der Waals surface area contributed by atoms with Gasteiger partial charge < -0.3 is 15.0 Å². The Morgan fingerprint density at radius 1 is 1.10 bits per heavy atom. The minimum absolute atomic E-state index is 0.168. The number of benzene rings is 2. The molecule has 0 saturated heterocycles. The molecule has 2 amide bonds. The van der Waals surface area contributed by atoms with Gasteiger partial charge in [-0.25, -0.2) is 0 Å². The summed E-state index contributed by atoms with van der Waals surface area (Å²) < 4.78 is 5.78. The Hall–Kier alpha value is -2.24. The highest BCUT2D eigenvalue weighted by Crippen LogP contribution is 2.24. The summed E-state index contributed by atoms with van der Waals surface area (Å²) in [6, 6.07) is 10.4. The lowest BCUT2D eigenvalue weighted by Gasteiger charge is -2.30. The summed E-state index contributed by atoms with van der Waals surface area (Å²) >= 11 is 12.1. The van der Waals surface area contributed by atoms with E-state index in [-0.39, 0.29) is 25.0 Å².